The van der Waals surface area contributed by atoms with Crippen molar-refractivity contribution in [3.8, 4) is 0 Å². The fourth-order valence-corrected chi connectivity index (χ4v) is 3.31. The molecule has 0 spiro atoms. The summed E-state index contributed by atoms with van der Waals surface area (Å²) in [4.78, 5) is 11.2. The fraction of sp³-hybridized carbons (Fsp3) is 0.300. The van der Waals surface area contributed by atoms with Crippen LogP contribution in [0, 0.1) is 0 Å². The van der Waals surface area contributed by atoms with Crippen LogP contribution in [0.3, 0.4) is 0 Å². The molecule has 1 aromatic rings. The summed E-state index contributed by atoms with van der Waals surface area (Å²) in [5.74, 6) is -0.382. The Hall–Kier alpha value is -1.12. The third kappa shape index (κ3) is 3.97. The van der Waals surface area contributed by atoms with Gasteiger partial charge in [0.2, 0.25) is 15.9 Å². The van der Waals surface area contributed by atoms with Gasteiger partial charge in [-0.25, -0.2) is 13.1 Å². The van der Waals surface area contributed by atoms with Gasteiger partial charge in [0, 0.05) is 16.7 Å². The summed E-state index contributed by atoms with van der Waals surface area (Å²) in [5.41, 5.74) is 5.97. The van der Waals surface area contributed by atoms with Gasteiger partial charge in [-0.1, -0.05) is 0 Å². The van der Waals surface area contributed by atoms with Gasteiger partial charge in [0.1, 0.15) is 0 Å². The summed E-state index contributed by atoms with van der Waals surface area (Å²) in [5, 5.41) is 2.50. The van der Waals surface area contributed by atoms with Crippen LogP contribution in [-0.2, 0) is 14.8 Å². The van der Waals surface area contributed by atoms with Gasteiger partial charge >= 0.3 is 0 Å². The lowest BCUT2D eigenvalue weighted by Gasteiger charge is -2.08. The van der Waals surface area contributed by atoms with Gasteiger partial charge in [0.05, 0.1) is 11.4 Å². The van der Waals surface area contributed by atoms with E-state index in [9.17, 15) is 13.2 Å². The highest BCUT2D eigenvalue weighted by Crippen LogP contribution is 2.23. The van der Waals surface area contributed by atoms with E-state index >= 15 is 0 Å². The average Bonchev–Trinajstić information content (AvgIpc) is 2.26. The Morgan fingerprint density at radius 3 is 2.67 bits per heavy atom. The van der Waals surface area contributed by atoms with E-state index in [2.05, 4.69) is 26.0 Å². The molecule has 1 aromatic carbocycles. The van der Waals surface area contributed by atoms with Crippen molar-refractivity contribution in [1.29, 1.82) is 0 Å². The molecule has 6 nitrogen and oxygen atoms in total. The number of carbonyl (C=O) groups is 1. The van der Waals surface area contributed by atoms with E-state index in [0.717, 1.165) is 0 Å². The molecule has 100 valence electrons. The van der Waals surface area contributed by atoms with Crippen molar-refractivity contribution in [3.63, 3.8) is 0 Å². The molecule has 0 aliphatic heterocycles. The summed E-state index contributed by atoms with van der Waals surface area (Å²) in [6, 6.07) is 4.34. The van der Waals surface area contributed by atoms with Crippen molar-refractivity contribution in [3.05, 3.63) is 22.7 Å². The maximum absolute atomic E-state index is 11.9. The van der Waals surface area contributed by atoms with Crippen LogP contribution in [0.25, 0.3) is 0 Å². The number of amides is 1. The molecule has 1 amide bonds. The first-order valence-corrected chi connectivity index (χ1v) is 7.46. The maximum Gasteiger partial charge on any atom is 0.242 e. The Bertz CT molecular complexity index is 545. The molecule has 0 heterocycles. The number of carbonyl (C=O) groups excluding carboxylic acids is 1. The topological polar surface area (TPSA) is 101 Å². The number of benzene rings is 1. The predicted octanol–water partition coefficient (Wildman–Crippen LogP) is 0.446. The van der Waals surface area contributed by atoms with Crippen molar-refractivity contribution in [1.82, 2.24) is 10.0 Å². The molecule has 1 rings (SSSR count). The Morgan fingerprint density at radius 1 is 1.44 bits per heavy atom. The van der Waals surface area contributed by atoms with E-state index in [-0.39, 0.29) is 17.3 Å². The van der Waals surface area contributed by atoms with E-state index in [4.69, 9.17) is 5.73 Å². The highest BCUT2D eigenvalue weighted by Gasteiger charge is 2.18. The number of likely N-dealkylation sites (N-methyl/N-ethyl adjacent to an activating group) is 1. The second kappa shape index (κ2) is 6.17. The summed E-state index contributed by atoms with van der Waals surface area (Å²) >= 11 is 3.12. The van der Waals surface area contributed by atoms with Crippen molar-refractivity contribution in [2.75, 3.05) is 18.8 Å². The van der Waals surface area contributed by atoms with Crippen LogP contribution in [0.1, 0.15) is 6.92 Å². The van der Waals surface area contributed by atoms with Crippen LogP contribution in [0.5, 0.6) is 0 Å². The van der Waals surface area contributed by atoms with Crippen LogP contribution in [0.2, 0.25) is 0 Å². The molecule has 0 fully saturated rings. The van der Waals surface area contributed by atoms with Crippen molar-refractivity contribution >= 4 is 37.5 Å². The number of halogens is 1. The zero-order valence-corrected chi connectivity index (χ0v) is 12.1. The number of rotatable bonds is 5. The summed E-state index contributed by atoms with van der Waals surface area (Å²) < 4.78 is 26.4. The third-order valence-corrected chi connectivity index (χ3v) is 4.42. The quantitative estimate of drug-likeness (QED) is 0.680. The van der Waals surface area contributed by atoms with Crippen molar-refractivity contribution < 1.29 is 13.2 Å². The molecule has 0 bridgehead atoms. The number of hydrogen-bond acceptors (Lipinski definition) is 4. The molecule has 0 aliphatic rings. The van der Waals surface area contributed by atoms with E-state index in [1.54, 1.807) is 6.92 Å². The van der Waals surface area contributed by atoms with Gasteiger partial charge < -0.3 is 11.1 Å². The first-order chi connectivity index (χ1) is 8.36. The molecule has 0 aliphatic carbocycles. The monoisotopic (exact) mass is 335 g/mol. The van der Waals surface area contributed by atoms with E-state index < -0.39 is 10.0 Å². The second-order valence-corrected chi connectivity index (χ2v) is 6.06. The lowest BCUT2D eigenvalue weighted by atomic mass is 10.3. The molecule has 0 radical (unpaired) electrons. The Morgan fingerprint density at radius 2 is 2.11 bits per heavy atom. The number of hydrogen-bond donors (Lipinski definition) is 3. The SMILES string of the molecule is CCNC(=O)CNS(=O)(=O)c1ccc(N)cc1Br. The van der Waals surface area contributed by atoms with Crippen molar-refractivity contribution in [2.45, 2.75) is 11.8 Å². The van der Waals surface area contributed by atoms with Gasteiger partial charge in [-0.05, 0) is 41.1 Å². The molecular weight excluding hydrogens is 322 g/mol. The number of nitrogens with two attached hydrogens (primary N) is 1. The van der Waals surface area contributed by atoms with E-state index in [1.165, 1.54) is 18.2 Å². The fourth-order valence-electron chi connectivity index (χ4n) is 1.23. The van der Waals surface area contributed by atoms with Crippen LogP contribution in [-0.4, -0.2) is 27.4 Å². The second-order valence-electron chi connectivity index (χ2n) is 3.47. The molecule has 0 atom stereocenters. The Labute approximate surface area is 114 Å². The minimum atomic E-state index is -3.73. The summed E-state index contributed by atoms with van der Waals surface area (Å²) in [6.45, 7) is 1.90. The van der Waals surface area contributed by atoms with Gasteiger partial charge in [-0.3, -0.25) is 4.79 Å². The summed E-state index contributed by atoms with van der Waals surface area (Å²) in [7, 11) is -3.73. The maximum atomic E-state index is 11.9. The largest absolute Gasteiger partial charge is 0.399 e. The smallest absolute Gasteiger partial charge is 0.242 e. The van der Waals surface area contributed by atoms with Gasteiger partial charge in [0.15, 0.2) is 0 Å². The molecule has 0 saturated carbocycles. The number of sulfonamides is 1. The standard InChI is InChI=1S/C10H14BrN3O3S/c1-2-13-10(15)6-14-18(16,17)9-4-3-7(12)5-8(9)11/h3-5,14H,2,6,12H2,1H3,(H,13,15). The number of nitrogen functional groups attached to an aromatic ring is 1. The number of anilines is 1. The molecule has 18 heavy (non-hydrogen) atoms. The molecule has 0 aromatic heterocycles. The minimum Gasteiger partial charge on any atom is -0.399 e. The Kier molecular flexibility index (Phi) is 5.12. The third-order valence-electron chi connectivity index (χ3n) is 2.04. The van der Waals surface area contributed by atoms with Crippen LogP contribution in [0.15, 0.2) is 27.6 Å². The van der Waals surface area contributed by atoms with E-state index in [1.807, 2.05) is 0 Å². The highest BCUT2D eigenvalue weighted by atomic mass is 79.9. The van der Waals surface area contributed by atoms with Crippen LogP contribution in [0.4, 0.5) is 5.69 Å². The molecule has 8 heteroatoms. The zero-order valence-electron chi connectivity index (χ0n) is 9.73. The minimum absolute atomic E-state index is 0.0426. The normalized spacial score (nSPS) is 11.2. The molecule has 0 saturated heterocycles. The summed E-state index contributed by atoms with van der Waals surface area (Å²) in [6.07, 6.45) is 0. The lowest BCUT2D eigenvalue weighted by Crippen LogP contribution is -2.36. The van der Waals surface area contributed by atoms with Gasteiger partial charge in [-0.15, -0.1) is 0 Å². The average molecular weight is 336 g/mol. The first kappa shape index (κ1) is 14.9. The van der Waals surface area contributed by atoms with Crippen LogP contribution >= 0.6 is 15.9 Å². The predicted molar refractivity (Wildman–Crippen MR) is 72.4 cm³/mol. The molecular formula is C10H14BrN3O3S. The van der Waals surface area contributed by atoms with E-state index in [0.29, 0.717) is 16.7 Å². The van der Waals surface area contributed by atoms with Crippen LogP contribution < -0.4 is 15.8 Å². The Balaban J connectivity index is 2.83. The lowest BCUT2D eigenvalue weighted by molar-refractivity contribution is -0.119. The number of nitrogens with one attached hydrogen (secondary N) is 2. The molecule has 4 N–H and O–H groups in total. The molecule has 0 unspecified atom stereocenters. The van der Waals surface area contributed by atoms with Gasteiger partial charge in [-0.2, -0.15) is 0 Å². The van der Waals surface area contributed by atoms with Gasteiger partial charge in [0.25, 0.3) is 0 Å². The van der Waals surface area contributed by atoms with Crippen molar-refractivity contribution in [2.24, 2.45) is 0 Å². The first-order valence-electron chi connectivity index (χ1n) is 5.18. The zero-order chi connectivity index (χ0) is 13.8. The highest BCUT2D eigenvalue weighted by molar-refractivity contribution is 9.10.